The Balaban J connectivity index is 1.83. The molecule has 1 amide bonds. The SMILES string of the molecule is O=C(O)N1CC[C@](O)(c2ccc(F)c(F)c2)[C@@H](c2onc(-c3ccccc3Cl)c2Br)C1. The number of halogens is 4. The summed E-state index contributed by atoms with van der Waals surface area (Å²) in [6.45, 7) is -0.134. The van der Waals surface area contributed by atoms with Gasteiger partial charge in [-0.05, 0) is 46.1 Å². The van der Waals surface area contributed by atoms with E-state index in [4.69, 9.17) is 16.1 Å². The van der Waals surface area contributed by atoms with E-state index in [1.165, 1.54) is 6.07 Å². The van der Waals surface area contributed by atoms with Crippen LogP contribution in [0.2, 0.25) is 5.02 Å². The average Bonchev–Trinajstić information content (AvgIpc) is 3.11. The van der Waals surface area contributed by atoms with Gasteiger partial charge in [0.15, 0.2) is 17.4 Å². The molecule has 1 aliphatic heterocycles. The summed E-state index contributed by atoms with van der Waals surface area (Å²) in [5.41, 5.74) is -0.654. The molecule has 2 atom stereocenters. The highest BCUT2D eigenvalue weighted by molar-refractivity contribution is 9.10. The van der Waals surface area contributed by atoms with E-state index in [0.29, 0.717) is 20.8 Å². The summed E-state index contributed by atoms with van der Waals surface area (Å²) in [6, 6.07) is 10.1. The number of aromatic nitrogens is 1. The molecular formula is C21H16BrClF2N2O4. The predicted molar refractivity (Wildman–Crippen MR) is 112 cm³/mol. The maximum Gasteiger partial charge on any atom is 0.407 e. The van der Waals surface area contributed by atoms with Crippen LogP contribution in [0, 0.1) is 11.6 Å². The van der Waals surface area contributed by atoms with Gasteiger partial charge >= 0.3 is 6.09 Å². The first-order chi connectivity index (χ1) is 14.7. The van der Waals surface area contributed by atoms with Crippen LogP contribution < -0.4 is 0 Å². The van der Waals surface area contributed by atoms with E-state index in [1.54, 1.807) is 24.3 Å². The van der Waals surface area contributed by atoms with Crippen LogP contribution in [0.15, 0.2) is 51.5 Å². The fraction of sp³-hybridized carbons (Fsp3) is 0.238. The van der Waals surface area contributed by atoms with Gasteiger partial charge in [0.25, 0.3) is 0 Å². The van der Waals surface area contributed by atoms with E-state index in [-0.39, 0.29) is 30.8 Å². The topological polar surface area (TPSA) is 86.8 Å². The standard InChI is InChI=1S/C21H16BrClF2N2O4/c22-17-18(12-3-1-2-4-14(12)23)26-31-19(17)13-10-27(20(28)29)8-7-21(13,30)11-5-6-15(24)16(25)9-11/h1-6,9,13,30H,7-8,10H2,(H,28,29)/t13-,21+/m1/s1. The Hall–Kier alpha value is -2.49. The second-order valence-corrected chi connectivity index (χ2v) is 8.47. The molecule has 0 aliphatic carbocycles. The van der Waals surface area contributed by atoms with Crippen molar-refractivity contribution in [2.75, 3.05) is 13.1 Å². The van der Waals surface area contributed by atoms with Crippen LogP contribution in [0.5, 0.6) is 0 Å². The van der Waals surface area contributed by atoms with Crippen LogP contribution in [-0.2, 0) is 5.60 Å². The van der Waals surface area contributed by atoms with Crippen LogP contribution in [0.25, 0.3) is 11.3 Å². The Morgan fingerprint density at radius 3 is 2.68 bits per heavy atom. The molecule has 2 aromatic carbocycles. The minimum atomic E-state index is -1.72. The van der Waals surface area contributed by atoms with Crippen LogP contribution in [-0.4, -0.2) is 39.5 Å². The molecule has 1 aliphatic rings. The van der Waals surface area contributed by atoms with Crippen molar-refractivity contribution in [1.82, 2.24) is 10.1 Å². The van der Waals surface area contributed by atoms with Gasteiger partial charge in [0.2, 0.25) is 0 Å². The van der Waals surface area contributed by atoms with Gasteiger partial charge in [-0.15, -0.1) is 0 Å². The van der Waals surface area contributed by atoms with Crippen molar-refractivity contribution in [3.8, 4) is 11.3 Å². The normalized spacial score (nSPS) is 21.3. The van der Waals surface area contributed by atoms with E-state index in [0.717, 1.165) is 17.0 Å². The fourth-order valence-corrected chi connectivity index (χ4v) is 4.72. The number of hydrogen-bond donors (Lipinski definition) is 2. The van der Waals surface area contributed by atoms with Crippen LogP contribution in [0.3, 0.4) is 0 Å². The van der Waals surface area contributed by atoms with Gasteiger partial charge in [0.05, 0.1) is 15.4 Å². The maximum absolute atomic E-state index is 13.9. The van der Waals surface area contributed by atoms with Gasteiger partial charge in [-0.2, -0.15) is 0 Å². The zero-order chi connectivity index (χ0) is 22.3. The summed E-state index contributed by atoms with van der Waals surface area (Å²) in [6.07, 6.45) is -1.22. The summed E-state index contributed by atoms with van der Waals surface area (Å²) in [7, 11) is 0. The molecule has 1 fully saturated rings. The molecule has 0 radical (unpaired) electrons. The first kappa shape index (κ1) is 21.7. The van der Waals surface area contributed by atoms with Gasteiger partial charge in [-0.25, -0.2) is 13.6 Å². The molecule has 6 nitrogen and oxygen atoms in total. The summed E-state index contributed by atoms with van der Waals surface area (Å²) in [4.78, 5) is 12.7. The van der Waals surface area contributed by atoms with E-state index in [2.05, 4.69) is 21.1 Å². The Labute approximate surface area is 189 Å². The van der Waals surface area contributed by atoms with Crippen molar-refractivity contribution in [2.24, 2.45) is 0 Å². The molecule has 2 N–H and O–H groups in total. The lowest BCUT2D eigenvalue weighted by Gasteiger charge is -2.43. The molecule has 31 heavy (non-hydrogen) atoms. The number of nitrogens with zero attached hydrogens (tertiary/aromatic N) is 2. The van der Waals surface area contributed by atoms with Gasteiger partial charge < -0.3 is 19.6 Å². The van der Waals surface area contributed by atoms with Crippen molar-refractivity contribution >= 4 is 33.6 Å². The van der Waals surface area contributed by atoms with Crippen molar-refractivity contribution in [3.63, 3.8) is 0 Å². The average molecular weight is 514 g/mol. The molecule has 162 valence electrons. The smallest absolute Gasteiger partial charge is 0.407 e. The minimum absolute atomic E-state index is 0.00442. The third-order valence-electron chi connectivity index (χ3n) is 5.54. The zero-order valence-electron chi connectivity index (χ0n) is 15.9. The number of amides is 1. The Morgan fingerprint density at radius 2 is 2.00 bits per heavy atom. The van der Waals surface area contributed by atoms with Crippen molar-refractivity contribution < 1.29 is 28.3 Å². The van der Waals surface area contributed by atoms with Crippen molar-refractivity contribution in [3.05, 3.63) is 74.9 Å². The number of hydrogen-bond acceptors (Lipinski definition) is 4. The Kier molecular flexibility index (Phi) is 5.76. The van der Waals surface area contributed by atoms with E-state index in [9.17, 15) is 23.8 Å². The lowest BCUT2D eigenvalue weighted by Crippen LogP contribution is -2.50. The minimum Gasteiger partial charge on any atom is -0.465 e. The quantitative estimate of drug-likeness (QED) is 0.490. The molecule has 1 aromatic heterocycles. The molecular weight excluding hydrogens is 498 g/mol. The largest absolute Gasteiger partial charge is 0.465 e. The highest BCUT2D eigenvalue weighted by atomic mass is 79.9. The number of aliphatic hydroxyl groups is 1. The van der Waals surface area contributed by atoms with E-state index < -0.39 is 29.2 Å². The van der Waals surface area contributed by atoms with Gasteiger partial charge in [0.1, 0.15) is 11.3 Å². The number of benzene rings is 2. The van der Waals surface area contributed by atoms with Gasteiger partial charge in [0, 0.05) is 18.7 Å². The second kappa shape index (κ2) is 8.22. The summed E-state index contributed by atoms with van der Waals surface area (Å²) in [5.74, 6) is -2.93. The van der Waals surface area contributed by atoms with Crippen molar-refractivity contribution in [2.45, 2.75) is 17.9 Å². The van der Waals surface area contributed by atoms with E-state index in [1.807, 2.05) is 0 Å². The Morgan fingerprint density at radius 1 is 1.26 bits per heavy atom. The van der Waals surface area contributed by atoms with Crippen LogP contribution >= 0.6 is 27.5 Å². The molecule has 0 spiro atoms. The third-order valence-corrected chi connectivity index (χ3v) is 6.63. The molecule has 0 bridgehead atoms. The third kappa shape index (κ3) is 3.81. The fourth-order valence-electron chi connectivity index (χ4n) is 3.86. The highest BCUT2D eigenvalue weighted by Gasteiger charge is 2.48. The molecule has 2 heterocycles. The lowest BCUT2D eigenvalue weighted by molar-refractivity contribution is -0.0495. The molecule has 1 saturated heterocycles. The zero-order valence-corrected chi connectivity index (χ0v) is 18.2. The van der Waals surface area contributed by atoms with E-state index >= 15 is 0 Å². The number of carbonyl (C=O) groups is 1. The van der Waals surface area contributed by atoms with Crippen LogP contribution in [0.1, 0.15) is 23.7 Å². The molecule has 0 saturated carbocycles. The monoisotopic (exact) mass is 512 g/mol. The number of rotatable bonds is 3. The lowest BCUT2D eigenvalue weighted by atomic mass is 9.74. The first-order valence-electron chi connectivity index (χ1n) is 9.28. The molecule has 10 heteroatoms. The second-order valence-electron chi connectivity index (χ2n) is 7.27. The van der Waals surface area contributed by atoms with Crippen LogP contribution in [0.4, 0.5) is 13.6 Å². The highest BCUT2D eigenvalue weighted by Crippen LogP contribution is 2.48. The van der Waals surface area contributed by atoms with Gasteiger partial charge in [-0.1, -0.05) is 41.0 Å². The van der Waals surface area contributed by atoms with Crippen molar-refractivity contribution in [1.29, 1.82) is 0 Å². The Bertz CT molecular complexity index is 1160. The predicted octanol–water partition coefficient (Wildman–Crippen LogP) is 5.39. The summed E-state index contributed by atoms with van der Waals surface area (Å²) < 4.78 is 33.3. The first-order valence-corrected chi connectivity index (χ1v) is 10.4. The maximum atomic E-state index is 13.9. The number of piperidine rings is 1. The molecule has 4 rings (SSSR count). The van der Waals surface area contributed by atoms with Gasteiger partial charge in [-0.3, -0.25) is 0 Å². The summed E-state index contributed by atoms with van der Waals surface area (Å²) in [5, 5.41) is 25.5. The molecule has 3 aromatic rings. The molecule has 0 unspecified atom stereocenters. The summed E-state index contributed by atoms with van der Waals surface area (Å²) >= 11 is 9.70. The number of carboxylic acid groups (broad SMARTS) is 1. The number of likely N-dealkylation sites (tertiary alicyclic amines) is 1.